The number of rotatable bonds is 1. The lowest BCUT2D eigenvalue weighted by Crippen LogP contribution is -2.56. The van der Waals surface area contributed by atoms with Gasteiger partial charge in [0.15, 0.2) is 0 Å². The molecule has 6 nitrogen and oxygen atoms in total. The van der Waals surface area contributed by atoms with Crippen LogP contribution in [0.5, 0.6) is 0 Å². The monoisotopic (exact) mass is 314 g/mol. The highest BCUT2D eigenvalue weighted by Crippen LogP contribution is 2.35. The number of aromatic nitrogens is 1. The third-order valence-electron chi connectivity index (χ3n) is 4.29. The summed E-state index contributed by atoms with van der Waals surface area (Å²) in [6, 6.07) is 6.31. The van der Waals surface area contributed by atoms with Crippen LogP contribution in [0, 0.1) is 11.3 Å². The lowest BCUT2D eigenvalue weighted by Gasteiger charge is -2.42. The van der Waals surface area contributed by atoms with Gasteiger partial charge >= 0.3 is 6.09 Å². The summed E-state index contributed by atoms with van der Waals surface area (Å²) in [6.07, 6.45) is 3.65. The number of pyridine rings is 1. The van der Waals surface area contributed by atoms with Gasteiger partial charge in [0.05, 0.1) is 11.9 Å². The number of nitrogens with zero attached hydrogens (tertiary/aromatic N) is 4. The van der Waals surface area contributed by atoms with E-state index in [-0.39, 0.29) is 18.2 Å². The standard InChI is InChI=1S/C17H22N4O2/c1-17(2,3)23-16(22)20-10-14-6-7-15(11-20)21(14)13-5-4-12(8-18)19-9-13/h4-5,9,14-15H,6-7,10-11H2,1-3H3/t14-,15?/m0/s1. The van der Waals surface area contributed by atoms with Crippen molar-refractivity contribution in [2.75, 3.05) is 18.0 Å². The molecule has 0 radical (unpaired) electrons. The van der Waals surface area contributed by atoms with E-state index in [1.165, 1.54) is 0 Å². The van der Waals surface area contributed by atoms with E-state index in [1.807, 2.05) is 37.8 Å². The summed E-state index contributed by atoms with van der Waals surface area (Å²) in [5, 5.41) is 8.86. The van der Waals surface area contributed by atoms with Crippen LogP contribution in [-0.4, -0.2) is 46.8 Å². The van der Waals surface area contributed by atoms with E-state index in [4.69, 9.17) is 10.00 Å². The first-order chi connectivity index (χ1) is 10.9. The summed E-state index contributed by atoms with van der Waals surface area (Å²) in [4.78, 5) is 20.6. The molecule has 0 spiro atoms. The van der Waals surface area contributed by atoms with Gasteiger partial charge in [0.25, 0.3) is 0 Å². The average molecular weight is 314 g/mol. The third-order valence-corrected chi connectivity index (χ3v) is 4.29. The molecule has 2 saturated heterocycles. The summed E-state index contributed by atoms with van der Waals surface area (Å²) in [7, 11) is 0. The van der Waals surface area contributed by atoms with Crippen LogP contribution in [-0.2, 0) is 4.74 Å². The summed E-state index contributed by atoms with van der Waals surface area (Å²) in [6.45, 7) is 7.01. The minimum Gasteiger partial charge on any atom is -0.444 e. The number of hydrogen-bond donors (Lipinski definition) is 0. The van der Waals surface area contributed by atoms with E-state index in [0.717, 1.165) is 18.5 Å². The van der Waals surface area contributed by atoms with E-state index in [9.17, 15) is 4.79 Å². The fourth-order valence-electron chi connectivity index (χ4n) is 3.41. The zero-order valence-electron chi connectivity index (χ0n) is 13.8. The Balaban J connectivity index is 1.72. The van der Waals surface area contributed by atoms with Crippen LogP contribution in [0.2, 0.25) is 0 Å². The first kappa shape index (κ1) is 15.6. The molecule has 0 aromatic carbocycles. The Labute approximate surface area is 136 Å². The number of fused-ring (bicyclic) bond motifs is 2. The van der Waals surface area contributed by atoms with Gasteiger partial charge in [0.1, 0.15) is 17.4 Å². The Morgan fingerprint density at radius 2 is 1.96 bits per heavy atom. The summed E-state index contributed by atoms with van der Waals surface area (Å²) in [5.41, 5.74) is 0.985. The zero-order valence-corrected chi connectivity index (χ0v) is 13.8. The van der Waals surface area contributed by atoms with E-state index in [1.54, 1.807) is 12.3 Å². The fourth-order valence-corrected chi connectivity index (χ4v) is 3.41. The number of hydrogen-bond acceptors (Lipinski definition) is 5. The van der Waals surface area contributed by atoms with Crippen LogP contribution in [0.1, 0.15) is 39.3 Å². The zero-order chi connectivity index (χ0) is 16.6. The Bertz CT molecular complexity index is 615. The van der Waals surface area contributed by atoms with Crippen molar-refractivity contribution in [2.24, 2.45) is 0 Å². The molecule has 6 heteroatoms. The van der Waals surface area contributed by atoms with E-state index in [2.05, 4.69) is 9.88 Å². The van der Waals surface area contributed by atoms with Crippen molar-refractivity contribution in [1.29, 1.82) is 5.26 Å². The molecule has 1 aromatic rings. The van der Waals surface area contributed by atoms with Gasteiger partial charge in [0, 0.05) is 25.2 Å². The molecule has 2 aliphatic rings. The molecule has 3 heterocycles. The van der Waals surface area contributed by atoms with E-state index < -0.39 is 5.60 Å². The lowest BCUT2D eigenvalue weighted by molar-refractivity contribution is 0.0209. The van der Waals surface area contributed by atoms with Gasteiger partial charge in [-0.2, -0.15) is 5.26 Å². The Hall–Kier alpha value is -2.29. The molecule has 3 rings (SSSR count). The molecule has 0 N–H and O–H groups in total. The Morgan fingerprint density at radius 1 is 1.30 bits per heavy atom. The normalized spacial score (nSPS) is 23.6. The molecule has 122 valence electrons. The van der Waals surface area contributed by atoms with Gasteiger partial charge in [-0.3, -0.25) is 0 Å². The lowest BCUT2D eigenvalue weighted by atomic mass is 10.1. The highest BCUT2D eigenvalue weighted by atomic mass is 16.6. The maximum Gasteiger partial charge on any atom is 0.410 e. The predicted octanol–water partition coefficient (Wildman–Crippen LogP) is 2.54. The number of amides is 1. The first-order valence-corrected chi connectivity index (χ1v) is 8.00. The smallest absolute Gasteiger partial charge is 0.410 e. The highest BCUT2D eigenvalue weighted by molar-refractivity contribution is 5.69. The van der Waals surface area contributed by atoms with Crippen molar-refractivity contribution >= 4 is 11.8 Å². The van der Waals surface area contributed by atoms with Gasteiger partial charge in [-0.25, -0.2) is 9.78 Å². The number of carbonyl (C=O) groups is 1. The second kappa shape index (κ2) is 5.73. The molecule has 0 saturated carbocycles. The Kier molecular flexibility index (Phi) is 3.88. The highest BCUT2D eigenvalue weighted by Gasteiger charge is 2.42. The predicted molar refractivity (Wildman–Crippen MR) is 86.0 cm³/mol. The largest absolute Gasteiger partial charge is 0.444 e. The van der Waals surface area contributed by atoms with E-state index >= 15 is 0 Å². The molecular weight excluding hydrogens is 292 g/mol. The van der Waals surface area contributed by atoms with Gasteiger partial charge in [0.2, 0.25) is 0 Å². The summed E-state index contributed by atoms with van der Waals surface area (Å²) >= 11 is 0. The molecule has 2 atom stereocenters. The topological polar surface area (TPSA) is 69.5 Å². The van der Waals surface area contributed by atoms with Gasteiger partial charge in [-0.15, -0.1) is 0 Å². The quantitative estimate of drug-likeness (QED) is 0.796. The van der Waals surface area contributed by atoms with Gasteiger partial charge in [-0.1, -0.05) is 0 Å². The second-order valence-corrected chi connectivity index (χ2v) is 7.19. The van der Waals surface area contributed by atoms with Gasteiger partial charge < -0.3 is 14.5 Å². The van der Waals surface area contributed by atoms with Crippen molar-refractivity contribution < 1.29 is 9.53 Å². The molecule has 2 aliphatic heterocycles. The molecule has 1 aromatic heterocycles. The maximum atomic E-state index is 12.3. The molecule has 0 aliphatic carbocycles. The summed E-state index contributed by atoms with van der Waals surface area (Å²) < 4.78 is 5.49. The van der Waals surface area contributed by atoms with Crippen LogP contribution in [0.3, 0.4) is 0 Å². The van der Waals surface area contributed by atoms with Crippen LogP contribution in [0.15, 0.2) is 18.3 Å². The minimum absolute atomic E-state index is 0.230. The molecule has 2 fully saturated rings. The van der Waals surface area contributed by atoms with E-state index in [0.29, 0.717) is 18.8 Å². The number of likely N-dealkylation sites (tertiary alicyclic amines) is 1. The number of carbonyl (C=O) groups excluding carboxylic acids is 1. The number of anilines is 1. The average Bonchev–Trinajstić information content (AvgIpc) is 2.75. The Morgan fingerprint density at radius 3 is 2.43 bits per heavy atom. The molecule has 1 unspecified atom stereocenters. The van der Waals surface area contributed by atoms with Crippen molar-refractivity contribution in [3.63, 3.8) is 0 Å². The van der Waals surface area contributed by atoms with Gasteiger partial charge in [-0.05, 0) is 45.7 Å². The van der Waals surface area contributed by atoms with Crippen LogP contribution < -0.4 is 4.90 Å². The van der Waals surface area contributed by atoms with Crippen molar-refractivity contribution in [2.45, 2.75) is 51.3 Å². The van der Waals surface area contributed by atoms with Crippen molar-refractivity contribution in [3.05, 3.63) is 24.0 Å². The van der Waals surface area contributed by atoms with Crippen molar-refractivity contribution in [1.82, 2.24) is 9.88 Å². The molecule has 23 heavy (non-hydrogen) atoms. The second-order valence-electron chi connectivity index (χ2n) is 7.19. The van der Waals surface area contributed by atoms with Crippen molar-refractivity contribution in [3.8, 4) is 6.07 Å². The number of piperazine rings is 1. The minimum atomic E-state index is -0.468. The van der Waals surface area contributed by atoms with Crippen LogP contribution in [0.4, 0.5) is 10.5 Å². The summed E-state index contributed by atoms with van der Waals surface area (Å²) in [5.74, 6) is 0. The fraction of sp³-hybridized carbons (Fsp3) is 0.588. The third kappa shape index (κ3) is 3.24. The maximum absolute atomic E-state index is 12.3. The SMILES string of the molecule is CC(C)(C)OC(=O)N1CC2CC[C@@H](C1)N2c1ccc(C#N)nc1. The molecular formula is C17H22N4O2. The number of nitriles is 1. The van der Waals surface area contributed by atoms with Crippen LogP contribution >= 0.6 is 0 Å². The van der Waals surface area contributed by atoms with Crippen LogP contribution in [0.25, 0.3) is 0 Å². The first-order valence-electron chi connectivity index (χ1n) is 8.00. The molecule has 1 amide bonds. The molecule has 2 bridgehead atoms. The number of ether oxygens (including phenoxy) is 1.